The van der Waals surface area contributed by atoms with Crippen LogP contribution in [-0.2, 0) is 9.47 Å². The normalized spacial score (nSPS) is 24.1. The number of carbonyl (C=O) groups is 2. The predicted octanol–water partition coefficient (Wildman–Crippen LogP) is 4.25. The van der Waals surface area contributed by atoms with E-state index in [1.165, 1.54) is 6.42 Å². The number of likely N-dealkylation sites (tertiary alicyclic amines) is 1. The van der Waals surface area contributed by atoms with E-state index in [1.54, 1.807) is 22.2 Å². The molecule has 1 spiro atoms. The molecule has 8 heteroatoms. The lowest BCUT2D eigenvalue weighted by molar-refractivity contribution is 0.0196. The zero-order valence-electron chi connectivity index (χ0n) is 18.2. The Labute approximate surface area is 177 Å². The molecule has 2 aliphatic heterocycles. The van der Waals surface area contributed by atoms with E-state index in [-0.39, 0.29) is 23.7 Å². The van der Waals surface area contributed by atoms with Gasteiger partial charge in [0.25, 0.3) is 0 Å². The first kappa shape index (κ1) is 20.9. The molecular weight excluding hydrogens is 384 g/mol. The van der Waals surface area contributed by atoms with E-state index >= 15 is 0 Å². The van der Waals surface area contributed by atoms with E-state index in [4.69, 9.17) is 9.47 Å². The van der Waals surface area contributed by atoms with E-state index in [0.29, 0.717) is 25.5 Å². The molecule has 1 aliphatic carbocycles. The van der Waals surface area contributed by atoms with Crippen molar-refractivity contribution in [3.8, 4) is 0 Å². The van der Waals surface area contributed by atoms with Gasteiger partial charge in [0.2, 0.25) is 0 Å². The second-order valence-electron chi connectivity index (χ2n) is 9.76. The Bertz CT molecular complexity index is 783. The SMILES string of the molecule is CC(C)(C)OC(=O)N1CCC[C@@H](c2cnc(N3CC4(CCCCC4)OC3=O)cn2)C1. The Morgan fingerprint density at radius 1 is 1.17 bits per heavy atom. The third kappa shape index (κ3) is 4.52. The van der Waals surface area contributed by atoms with Crippen LogP contribution in [0.2, 0.25) is 0 Å². The zero-order valence-corrected chi connectivity index (χ0v) is 18.2. The van der Waals surface area contributed by atoms with Crippen LogP contribution in [0.3, 0.4) is 0 Å². The van der Waals surface area contributed by atoms with Crippen LogP contribution in [0.4, 0.5) is 15.4 Å². The molecule has 164 valence electrons. The summed E-state index contributed by atoms with van der Waals surface area (Å²) in [5.41, 5.74) is -0.0228. The van der Waals surface area contributed by atoms with Crippen molar-refractivity contribution in [2.45, 2.75) is 82.8 Å². The molecule has 8 nitrogen and oxygen atoms in total. The average Bonchev–Trinajstić information content (AvgIpc) is 3.03. The summed E-state index contributed by atoms with van der Waals surface area (Å²) in [6.07, 6.45) is 9.87. The first-order chi connectivity index (χ1) is 14.2. The second-order valence-corrected chi connectivity index (χ2v) is 9.76. The lowest BCUT2D eigenvalue weighted by Crippen LogP contribution is -2.42. The number of ether oxygens (including phenoxy) is 2. The van der Waals surface area contributed by atoms with Crippen molar-refractivity contribution >= 4 is 18.0 Å². The van der Waals surface area contributed by atoms with Gasteiger partial charge in [0.1, 0.15) is 11.2 Å². The maximum Gasteiger partial charge on any atom is 0.416 e. The lowest BCUT2D eigenvalue weighted by Gasteiger charge is -2.33. The fraction of sp³-hybridized carbons (Fsp3) is 0.727. The van der Waals surface area contributed by atoms with Gasteiger partial charge >= 0.3 is 12.2 Å². The van der Waals surface area contributed by atoms with Crippen molar-refractivity contribution < 1.29 is 19.1 Å². The summed E-state index contributed by atoms with van der Waals surface area (Å²) >= 11 is 0. The highest BCUT2D eigenvalue weighted by Gasteiger charge is 2.46. The van der Waals surface area contributed by atoms with Crippen molar-refractivity contribution in [2.24, 2.45) is 0 Å². The first-order valence-corrected chi connectivity index (χ1v) is 11.1. The quantitative estimate of drug-likeness (QED) is 0.716. The Morgan fingerprint density at radius 3 is 2.60 bits per heavy atom. The first-order valence-electron chi connectivity index (χ1n) is 11.1. The van der Waals surface area contributed by atoms with Crippen molar-refractivity contribution in [2.75, 3.05) is 24.5 Å². The van der Waals surface area contributed by atoms with Gasteiger partial charge in [0, 0.05) is 19.0 Å². The third-order valence-corrected chi connectivity index (χ3v) is 6.16. The summed E-state index contributed by atoms with van der Waals surface area (Å²) in [4.78, 5) is 37.3. The van der Waals surface area contributed by atoms with Gasteiger partial charge in [-0.2, -0.15) is 0 Å². The van der Waals surface area contributed by atoms with E-state index in [2.05, 4.69) is 9.97 Å². The van der Waals surface area contributed by atoms with Crippen LogP contribution in [-0.4, -0.2) is 57.9 Å². The minimum Gasteiger partial charge on any atom is -0.444 e. The molecule has 1 atom stereocenters. The third-order valence-electron chi connectivity index (χ3n) is 6.16. The van der Waals surface area contributed by atoms with Crippen LogP contribution in [0.5, 0.6) is 0 Å². The molecule has 2 amide bonds. The van der Waals surface area contributed by atoms with Crippen LogP contribution in [0, 0.1) is 0 Å². The highest BCUT2D eigenvalue weighted by atomic mass is 16.6. The van der Waals surface area contributed by atoms with Crippen LogP contribution in [0.25, 0.3) is 0 Å². The van der Waals surface area contributed by atoms with Crippen LogP contribution in [0.1, 0.15) is 77.3 Å². The number of anilines is 1. The van der Waals surface area contributed by atoms with Crippen LogP contribution < -0.4 is 4.90 Å². The molecule has 0 unspecified atom stereocenters. The van der Waals surface area contributed by atoms with Gasteiger partial charge in [-0.25, -0.2) is 14.6 Å². The average molecular weight is 417 g/mol. The molecule has 1 aromatic heterocycles. The maximum atomic E-state index is 12.4. The largest absolute Gasteiger partial charge is 0.444 e. The highest BCUT2D eigenvalue weighted by molar-refractivity contribution is 5.89. The molecular formula is C22H32N4O4. The van der Waals surface area contributed by atoms with Crippen molar-refractivity contribution in [1.29, 1.82) is 0 Å². The number of hydrogen-bond donors (Lipinski definition) is 0. The highest BCUT2D eigenvalue weighted by Crippen LogP contribution is 2.38. The minimum absolute atomic E-state index is 0.114. The van der Waals surface area contributed by atoms with Crippen LogP contribution in [0.15, 0.2) is 12.4 Å². The van der Waals surface area contributed by atoms with Gasteiger partial charge in [-0.1, -0.05) is 6.42 Å². The minimum atomic E-state index is -0.508. The number of nitrogens with zero attached hydrogens (tertiary/aromatic N) is 4. The Hall–Kier alpha value is -2.38. The smallest absolute Gasteiger partial charge is 0.416 e. The summed E-state index contributed by atoms with van der Waals surface area (Å²) in [6, 6.07) is 0. The van der Waals surface area contributed by atoms with Gasteiger partial charge in [-0.05, 0) is 59.3 Å². The molecule has 1 aromatic rings. The molecule has 3 aliphatic rings. The van der Waals surface area contributed by atoms with Gasteiger partial charge in [-0.3, -0.25) is 9.88 Å². The fourth-order valence-electron chi connectivity index (χ4n) is 4.65. The molecule has 2 saturated heterocycles. The summed E-state index contributed by atoms with van der Waals surface area (Å²) in [5.74, 6) is 0.647. The summed E-state index contributed by atoms with van der Waals surface area (Å²) in [6.45, 7) is 7.43. The van der Waals surface area contributed by atoms with Gasteiger partial charge in [0.05, 0.1) is 24.6 Å². The standard InChI is InChI=1S/C22H32N4O4/c1-21(2,3)29-19(27)25-11-7-8-16(14-25)17-12-24-18(13-23-17)26-15-22(30-20(26)28)9-5-4-6-10-22/h12-13,16H,4-11,14-15H2,1-3H3/t16-/m1/s1. The molecule has 1 saturated carbocycles. The van der Waals surface area contributed by atoms with Crippen molar-refractivity contribution in [3.63, 3.8) is 0 Å². The van der Waals surface area contributed by atoms with Crippen molar-refractivity contribution in [1.82, 2.24) is 14.9 Å². The molecule has 0 N–H and O–H groups in total. The molecule has 4 rings (SSSR count). The summed E-state index contributed by atoms with van der Waals surface area (Å²) < 4.78 is 11.3. The van der Waals surface area contributed by atoms with E-state index in [1.807, 2.05) is 20.8 Å². The monoisotopic (exact) mass is 416 g/mol. The van der Waals surface area contributed by atoms with E-state index in [9.17, 15) is 9.59 Å². The molecule has 3 fully saturated rings. The van der Waals surface area contributed by atoms with Gasteiger partial charge in [-0.15, -0.1) is 0 Å². The number of hydrogen-bond acceptors (Lipinski definition) is 6. The topological polar surface area (TPSA) is 84.9 Å². The number of carbonyl (C=O) groups excluding carboxylic acids is 2. The number of aromatic nitrogens is 2. The van der Waals surface area contributed by atoms with Crippen LogP contribution >= 0.6 is 0 Å². The lowest BCUT2D eigenvalue weighted by atomic mass is 9.85. The molecule has 0 bridgehead atoms. The predicted molar refractivity (Wildman–Crippen MR) is 111 cm³/mol. The summed E-state index contributed by atoms with van der Waals surface area (Å²) in [7, 11) is 0. The molecule has 3 heterocycles. The Kier molecular flexibility index (Phi) is 5.59. The molecule has 0 radical (unpaired) electrons. The van der Waals surface area contributed by atoms with E-state index in [0.717, 1.165) is 44.2 Å². The molecule has 30 heavy (non-hydrogen) atoms. The summed E-state index contributed by atoms with van der Waals surface area (Å²) in [5, 5.41) is 0. The number of piperidine rings is 1. The zero-order chi connectivity index (χ0) is 21.4. The number of amides is 2. The Balaban J connectivity index is 1.41. The van der Waals surface area contributed by atoms with Crippen molar-refractivity contribution in [3.05, 3.63) is 18.1 Å². The maximum absolute atomic E-state index is 12.4. The number of rotatable bonds is 2. The second kappa shape index (κ2) is 8.04. The van der Waals surface area contributed by atoms with Gasteiger partial charge in [0.15, 0.2) is 5.82 Å². The Morgan fingerprint density at radius 2 is 1.93 bits per heavy atom. The van der Waals surface area contributed by atoms with Gasteiger partial charge < -0.3 is 14.4 Å². The van der Waals surface area contributed by atoms with E-state index < -0.39 is 5.60 Å². The molecule has 0 aromatic carbocycles. The fourth-order valence-corrected chi connectivity index (χ4v) is 4.65.